The van der Waals surface area contributed by atoms with E-state index < -0.39 is 16.0 Å². The van der Waals surface area contributed by atoms with Gasteiger partial charge in [0.1, 0.15) is 5.83 Å². The first kappa shape index (κ1) is 24.9. The number of hydrogen-bond donors (Lipinski definition) is 2. The molecule has 0 saturated carbocycles. The summed E-state index contributed by atoms with van der Waals surface area (Å²) in [7, 11) is -0.599. The Bertz CT molecular complexity index is 1320. The summed E-state index contributed by atoms with van der Waals surface area (Å²) >= 11 is 5.41. The number of hydrogen-bond acceptors (Lipinski definition) is 4. The summed E-state index contributed by atoms with van der Waals surface area (Å²) in [6.45, 7) is 2.00. The van der Waals surface area contributed by atoms with E-state index in [2.05, 4.69) is 4.84 Å². The van der Waals surface area contributed by atoms with Gasteiger partial charge in [-0.3, -0.25) is 0 Å². The van der Waals surface area contributed by atoms with Crippen LogP contribution in [0.4, 0.5) is 4.39 Å². The summed E-state index contributed by atoms with van der Waals surface area (Å²) in [6.07, 6.45) is 1.77. The molecule has 0 aliphatic carbocycles. The largest absolute Gasteiger partial charge is 0.478 e. The van der Waals surface area contributed by atoms with Crippen molar-refractivity contribution in [2.75, 3.05) is 20.6 Å². The predicted molar refractivity (Wildman–Crippen MR) is 127 cm³/mol. The Balaban J connectivity index is 2.07. The third-order valence-electron chi connectivity index (χ3n) is 5.49. The highest BCUT2D eigenvalue weighted by Crippen LogP contribution is 2.30. The van der Waals surface area contributed by atoms with Gasteiger partial charge in [-0.15, -0.1) is 0 Å². The number of halogens is 2. The fourth-order valence-electron chi connectivity index (χ4n) is 3.67. The molecule has 0 bridgehead atoms. The second kappa shape index (κ2) is 10.0. The van der Waals surface area contributed by atoms with Crippen LogP contribution in [0.1, 0.15) is 27.2 Å². The van der Waals surface area contributed by atoms with E-state index in [-0.39, 0.29) is 29.4 Å². The van der Waals surface area contributed by atoms with Crippen LogP contribution in [0.15, 0.2) is 59.3 Å². The Morgan fingerprint density at radius 2 is 1.88 bits per heavy atom. The molecule has 1 aromatic heterocycles. The third-order valence-corrected chi connectivity index (χ3v) is 7.48. The second-order valence-corrected chi connectivity index (χ2v) is 10.2. The Labute approximate surface area is 197 Å². The van der Waals surface area contributed by atoms with Gasteiger partial charge in [0.25, 0.3) is 0 Å². The lowest BCUT2D eigenvalue weighted by molar-refractivity contribution is 0.0697. The molecular formula is C23H25ClFN3O4S. The maximum Gasteiger partial charge on any atom is 0.335 e. The van der Waals surface area contributed by atoms with Crippen LogP contribution >= 0.6 is 11.8 Å². The van der Waals surface area contributed by atoms with Crippen molar-refractivity contribution in [3.05, 3.63) is 76.8 Å². The minimum atomic E-state index is -3.54. The molecule has 1 heterocycles. The minimum Gasteiger partial charge on any atom is -0.478 e. The number of nitrogens with zero attached hydrogens (tertiary/aromatic N) is 2. The molecule has 3 rings (SSSR count). The fourth-order valence-corrected chi connectivity index (χ4v) is 4.65. The van der Waals surface area contributed by atoms with Crippen molar-refractivity contribution < 1.29 is 22.7 Å². The van der Waals surface area contributed by atoms with Crippen LogP contribution in [0.5, 0.6) is 0 Å². The van der Waals surface area contributed by atoms with Gasteiger partial charge in [0.05, 0.1) is 17.0 Å². The maximum atomic E-state index is 14.4. The zero-order valence-corrected chi connectivity index (χ0v) is 20.0. The first-order chi connectivity index (χ1) is 15.6. The molecule has 0 fully saturated rings. The van der Waals surface area contributed by atoms with Crippen molar-refractivity contribution in [1.29, 1.82) is 0 Å². The summed E-state index contributed by atoms with van der Waals surface area (Å²) in [6, 6.07) is 11.3. The van der Waals surface area contributed by atoms with Crippen molar-refractivity contribution in [3.8, 4) is 0 Å². The van der Waals surface area contributed by atoms with Crippen LogP contribution in [-0.2, 0) is 23.0 Å². The summed E-state index contributed by atoms with van der Waals surface area (Å²) in [5, 5.41) is 10.1. The van der Waals surface area contributed by atoms with Gasteiger partial charge < -0.3 is 9.67 Å². The SMILES string of the molecule is Cc1c(Cc2ccc(S(=O)(=O)N(C)C)cc2)c2cc(C(=O)O)ccc2n1C/C(F)=C/CNCl. The third kappa shape index (κ3) is 5.27. The van der Waals surface area contributed by atoms with Gasteiger partial charge in [0.15, 0.2) is 0 Å². The van der Waals surface area contributed by atoms with Crippen LogP contribution in [-0.4, -0.2) is 49.0 Å². The Morgan fingerprint density at radius 3 is 2.45 bits per heavy atom. The molecule has 3 aromatic rings. The van der Waals surface area contributed by atoms with Gasteiger partial charge >= 0.3 is 5.97 Å². The lowest BCUT2D eigenvalue weighted by Gasteiger charge is -2.12. The highest BCUT2D eigenvalue weighted by atomic mass is 35.5. The van der Waals surface area contributed by atoms with Crippen molar-refractivity contribution >= 4 is 38.7 Å². The molecule has 0 radical (unpaired) electrons. The highest BCUT2D eigenvalue weighted by Gasteiger charge is 2.19. The molecular weight excluding hydrogens is 469 g/mol. The number of sulfonamides is 1. The predicted octanol–water partition coefficient (Wildman–Crippen LogP) is 4.09. The molecule has 176 valence electrons. The standard InChI is InChI=1S/C23H25ClFN3O4S/c1-15-20(12-16-4-7-19(8-5-16)33(31,32)27(2)3)21-13-17(23(29)30)6-9-22(21)28(15)14-18(25)10-11-26-24/h4-10,13,26H,11-12,14H2,1-3H3,(H,29,30)/b18-10-. The molecule has 0 aliphatic rings. The van der Waals surface area contributed by atoms with Crippen LogP contribution in [0.25, 0.3) is 10.9 Å². The number of rotatable bonds is 9. The van der Waals surface area contributed by atoms with Gasteiger partial charge in [0, 0.05) is 37.2 Å². The average molecular weight is 494 g/mol. The van der Waals surface area contributed by atoms with Crippen LogP contribution in [0, 0.1) is 6.92 Å². The van der Waals surface area contributed by atoms with Crippen molar-refractivity contribution in [3.63, 3.8) is 0 Å². The van der Waals surface area contributed by atoms with Gasteiger partial charge in [0.2, 0.25) is 10.0 Å². The number of aromatic carboxylic acids is 1. The fraction of sp³-hybridized carbons (Fsp3) is 0.261. The molecule has 0 aliphatic heterocycles. The molecule has 0 amide bonds. The highest BCUT2D eigenvalue weighted by molar-refractivity contribution is 7.89. The molecule has 0 saturated heterocycles. The summed E-state index contributed by atoms with van der Waals surface area (Å²) < 4.78 is 42.0. The maximum absolute atomic E-state index is 14.4. The Morgan fingerprint density at radius 1 is 1.21 bits per heavy atom. The molecule has 7 nitrogen and oxygen atoms in total. The van der Waals surface area contributed by atoms with Crippen LogP contribution in [0.2, 0.25) is 0 Å². The molecule has 0 spiro atoms. The van der Waals surface area contributed by atoms with Crippen molar-refractivity contribution in [2.24, 2.45) is 0 Å². The van der Waals surface area contributed by atoms with Gasteiger partial charge in [-0.2, -0.15) is 0 Å². The smallest absolute Gasteiger partial charge is 0.335 e. The number of carboxylic acid groups (broad SMARTS) is 1. The quantitative estimate of drug-likeness (QED) is 0.438. The zero-order valence-electron chi connectivity index (χ0n) is 18.5. The molecule has 0 unspecified atom stereocenters. The Kier molecular flexibility index (Phi) is 7.58. The monoisotopic (exact) mass is 493 g/mol. The first-order valence-corrected chi connectivity index (χ1v) is 11.9. The zero-order chi connectivity index (χ0) is 24.3. The van der Waals surface area contributed by atoms with E-state index in [9.17, 15) is 22.7 Å². The molecule has 0 atom stereocenters. The van der Waals surface area contributed by atoms with E-state index in [0.717, 1.165) is 21.1 Å². The van der Waals surface area contributed by atoms with E-state index in [1.165, 1.54) is 26.2 Å². The van der Waals surface area contributed by atoms with Crippen LogP contribution < -0.4 is 4.84 Å². The van der Waals surface area contributed by atoms with Crippen molar-refractivity contribution in [2.45, 2.75) is 24.8 Å². The number of fused-ring (bicyclic) bond motifs is 1. The summed E-state index contributed by atoms with van der Waals surface area (Å²) in [5.41, 5.74) is 3.33. The van der Waals surface area contributed by atoms with Gasteiger partial charge in [-0.25, -0.2) is 26.7 Å². The van der Waals surface area contributed by atoms with Crippen LogP contribution in [0.3, 0.4) is 0 Å². The number of aromatic nitrogens is 1. The molecule has 10 heteroatoms. The normalized spacial score (nSPS) is 12.6. The topological polar surface area (TPSA) is 91.6 Å². The first-order valence-electron chi connectivity index (χ1n) is 10.1. The number of benzene rings is 2. The lowest BCUT2D eigenvalue weighted by Crippen LogP contribution is -2.22. The van der Waals surface area contributed by atoms with Gasteiger partial charge in [-0.05, 0) is 72.7 Å². The minimum absolute atomic E-state index is 0.0205. The van der Waals surface area contributed by atoms with Gasteiger partial charge in [-0.1, -0.05) is 12.1 Å². The summed E-state index contributed by atoms with van der Waals surface area (Å²) in [4.78, 5) is 14.1. The van der Waals surface area contributed by atoms with E-state index in [0.29, 0.717) is 17.3 Å². The molecule has 2 N–H and O–H groups in total. The van der Waals surface area contributed by atoms with Crippen molar-refractivity contribution in [1.82, 2.24) is 13.7 Å². The van der Waals surface area contributed by atoms with E-state index >= 15 is 0 Å². The number of carboxylic acids is 1. The number of carbonyl (C=O) groups is 1. The number of nitrogens with one attached hydrogen (secondary N) is 1. The number of allylic oxidation sites excluding steroid dienone is 1. The second-order valence-electron chi connectivity index (χ2n) is 7.78. The molecule has 2 aromatic carbocycles. The lowest BCUT2D eigenvalue weighted by atomic mass is 10.0. The summed E-state index contributed by atoms with van der Waals surface area (Å²) in [5.74, 6) is -1.43. The average Bonchev–Trinajstić information content (AvgIpc) is 3.03. The van der Waals surface area contributed by atoms with E-state index in [1.54, 1.807) is 41.0 Å². The van der Waals surface area contributed by atoms with E-state index in [1.807, 2.05) is 6.92 Å². The van der Waals surface area contributed by atoms with E-state index in [4.69, 9.17) is 11.8 Å². The molecule has 33 heavy (non-hydrogen) atoms. The Hall–Kier alpha value is -2.72.